The van der Waals surface area contributed by atoms with Crippen LogP contribution < -0.4 is 10.1 Å². The topological polar surface area (TPSA) is 64.6 Å². The minimum atomic E-state index is -0.705. The minimum Gasteiger partial charge on any atom is -0.494 e. The second-order valence-corrected chi connectivity index (χ2v) is 6.69. The number of carbonyl (C=O) groups excluding carboxylic acids is 2. The molecule has 0 spiro atoms. The molecule has 2 rings (SSSR count). The zero-order valence-corrected chi connectivity index (χ0v) is 16.4. The van der Waals surface area contributed by atoms with Crippen LogP contribution >= 0.6 is 23.2 Å². The van der Waals surface area contributed by atoms with Crippen molar-refractivity contribution in [3.05, 3.63) is 56.6 Å². The van der Waals surface area contributed by atoms with Gasteiger partial charge >= 0.3 is 5.97 Å². The predicted octanol–water partition coefficient (Wildman–Crippen LogP) is 4.72. The van der Waals surface area contributed by atoms with Crippen LogP contribution in [0.15, 0.2) is 24.3 Å². The van der Waals surface area contributed by atoms with E-state index in [-0.39, 0.29) is 21.4 Å². The first-order valence-electron chi connectivity index (χ1n) is 7.80. The van der Waals surface area contributed by atoms with E-state index in [1.807, 2.05) is 32.9 Å². The largest absolute Gasteiger partial charge is 0.494 e. The Morgan fingerprint density at radius 3 is 2.04 bits per heavy atom. The number of amides is 1. The molecule has 0 aliphatic rings. The maximum absolute atomic E-state index is 12.1. The standard InChI is InChI=1S/C19H19Cl2NO4/c1-10-5-11(2)17(12(3)6-10)22-16(23)9-26-19(24)13-7-14(20)18(25-4)15(21)8-13/h5-8H,9H2,1-4H3,(H,22,23). The molecule has 0 aliphatic carbocycles. The van der Waals surface area contributed by atoms with Crippen LogP contribution in [0.3, 0.4) is 0 Å². The molecule has 0 fully saturated rings. The van der Waals surface area contributed by atoms with Crippen LogP contribution in [0.4, 0.5) is 5.69 Å². The number of hydrogen-bond donors (Lipinski definition) is 1. The van der Waals surface area contributed by atoms with Crippen molar-refractivity contribution in [2.24, 2.45) is 0 Å². The molecule has 0 radical (unpaired) electrons. The summed E-state index contributed by atoms with van der Waals surface area (Å²) in [6, 6.07) is 6.69. The van der Waals surface area contributed by atoms with E-state index in [0.29, 0.717) is 5.69 Å². The Morgan fingerprint density at radius 1 is 1.00 bits per heavy atom. The van der Waals surface area contributed by atoms with Crippen molar-refractivity contribution in [1.29, 1.82) is 0 Å². The van der Waals surface area contributed by atoms with E-state index in [1.165, 1.54) is 19.2 Å². The van der Waals surface area contributed by atoms with Crippen LogP contribution in [0, 0.1) is 20.8 Å². The van der Waals surface area contributed by atoms with E-state index in [4.69, 9.17) is 32.7 Å². The summed E-state index contributed by atoms with van der Waals surface area (Å²) in [4.78, 5) is 24.2. The summed E-state index contributed by atoms with van der Waals surface area (Å²) in [5, 5.41) is 3.13. The number of anilines is 1. The highest BCUT2D eigenvalue weighted by Crippen LogP contribution is 2.34. The first-order chi connectivity index (χ1) is 12.2. The molecule has 0 saturated heterocycles. The summed E-state index contributed by atoms with van der Waals surface area (Å²) >= 11 is 12.0. The van der Waals surface area contributed by atoms with Gasteiger partial charge in [-0.05, 0) is 44.0 Å². The van der Waals surface area contributed by atoms with Crippen molar-refractivity contribution in [3.8, 4) is 5.75 Å². The molecule has 0 unspecified atom stereocenters. The van der Waals surface area contributed by atoms with Crippen LogP contribution in [0.25, 0.3) is 0 Å². The zero-order valence-electron chi connectivity index (χ0n) is 14.9. The summed E-state index contributed by atoms with van der Waals surface area (Å²) in [6.07, 6.45) is 0. The molecule has 26 heavy (non-hydrogen) atoms. The van der Waals surface area contributed by atoms with Gasteiger partial charge < -0.3 is 14.8 Å². The fraction of sp³-hybridized carbons (Fsp3) is 0.263. The van der Waals surface area contributed by atoms with Crippen LogP contribution in [-0.2, 0) is 9.53 Å². The van der Waals surface area contributed by atoms with Gasteiger partial charge in [-0.15, -0.1) is 0 Å². The van der Waals surface area contributed by atoms with E-state index in [9.17, 15) is 9.59 Å². The van der Waals surface area contributed by atoms with Crippen molar-refractivity contribution in [3.63, 3.8) is 0 Å². The lowest BCUT2D eigenvalue weighted by atomic mass is 10.1. The Balaban J connectivity index is 2.03. The summed E-state index contributed by atoms with van der Waals surface area (Å²) in [7, 11) is 1.42. The van der Waals surface area contributed by atoms with Crippen molar-refractivity contribution >= 4 is 40.8 Å². The number of nitrogens with one attached hydrogen (secondary N) is 1. The molecule has 2 aromatic rings. The quantitative estimate of drug-likeness (QED) is 0.743. The lowest BCUT2D eigenvalue weighted by molar-refractivity contribution is -0.119. The van der Waals surface area contributed by atoms with Crippen molar-refractivity contribution in [2.75, 3.05) is 19.0 Å². The van der Waals surface area contributed by atoms with Crippen LogP contribution in [-0.4, -0.2) is 25.6 Å². The summed E-state index contributed by atoms with van der Waals surface area (Å²) in [6.45, 7) is 5.37. The predicted molar refractivity (Wildman–Crippen MR) is 103 cm³/mol. The number of halogens is 2. The third kappa shape index (κ3) is 4.68. The van der Waals surface area contributed by atoms with E-state index >= 15 is 0 Å². The van der Waals surface area contributed by atoms with Gasteiger partial charge in [0.15, 0.2) is 12.4 Å². The van der Waals surface area contributed by atoms with Gasteiger partial charge in [0.25, 0.3) is 5.91 Å². The molecule has 7 heteroatoms. The van der Waals surface area contributed by atoms with Crippen molar-refractivity contribution in [1.82, 2.24) is 0 Å². The Bertz CT molecular complexity index is 819. The van der Waals surface area contributed by atoms with Gasteiger partial charge in [0.1, 0.15) is 0 Å². The maximum Gasteiger partial charge on any atom is 0.338 e. The van der Waals surface area contributed by atoms with Crippen LogP contribution in [0.1, 0.15) is 27.0 Å². The summed E-state index contributed by atoms with van der Waals surface area (Å²) < 4.78 is 10.1. The van der Waals surface area contributed by atoms with Gasteiger partial charge in [0.05, 0.1) is 22.7 Å². The smallest absolute Gasteiger partial charge is 0.338 e. The van der Waals surface area contributed by atoms with Gasteiger partial charge in [0.2, 0.25) is 0 Å². The number of benzene rings is 2. The van der Waals surface area contributed by atoms with Crippen LogP contribution in [0.2, 0.25) is 10.0 Å². The SMILES string of the molecule is COc1c(Cl)cc(C(=O)OCC(=O)Nc2c(C)cc(C)cc2C)cc1Cl. The molecule has 5 nitrogen and oxygen atoms in total. The Kier molecular flexibility index (Phi) is 6.51. The van der Waals surface area contributed by atoms with Crippen molar-refractivity contribution < 1.29 is 19.1 Å². The van der Waals surface area contributed by atoms with Crippen molar-refractivity contribution in [2.45, 2.75) is 20.8 Å². The monoisotopic (exact) mass is 395 g/mol. The van der Waals surface area contributed by atoms with Crippen LogP contribution in [0.5, 0.6) is 5.75 Å². The lowest BCUT2D eigenvalue weighted by Gasteiger charge is -2.13. The minimum absolute atomic E-state index is 0.135. The van der Waals surface area contributed by atoms with E-state index < -0.39 is 18.5 Å². The number of ether oxygens (including phenoxy) is 2. The number of carbonyl (C=O) groups is 2. The molecule has 0 bridgehead atoms. The van der Waals surface area contributed by atoms with Gasteiger partial charge in [-0.1, -0.05) is 40.9 Å². The molecule has 0 aliphatic heterocycles. The molecule has 0 atom stereocenters. The Morgan fingerprint density at radius 2 is 1.54 bits per heavy atom. The Labute approximate surface area is 162 Å². The Hall–Kier alpha value is -2.24. The van der Waals surface area contributed by atoms with Gasteiger partial charge in [-0.25, -0.2) is 4.79 Å². The number of aryl methyl sites for hydroxylation is 3. The number of methoxy groups -OCH3 is 1. The highest BCUT2D eigenvalue weighted by atomic mass is 35.5. The fourth-order valence-electron chi connectivity index (χ4n) is 2.64. The molecular weight excluding hydrogens is 377 g/mol. The molecule has 2 aromatic carbocycles. The van der Waals surface area contributed by atoms with Gasteiger partial charge in [-0.2, -0.15) is 0 Å². The highest BCUT2D eigenvalue weighted by Gasteiger charge is 2.16. The normalized spacial score (nSPS) is 10.4. The van der Waals surface area contributed by atoms with E-state index in [0.717, 1.165) is 16.7 Å². The fourth-order valence-corrected chi connectivity index (χ4v) is 3.28. The lowest BCUT2D eigenvalue weighted by Crippen LogP contribution is -2.22. The number of hydrogen-bond acceptors (Lipinski definition) is 4. The first kappa shape index (κ1) is 20.1. The molecule has 0 heterocycles. The van der Waals surface area contributed by atoms with E-state index in [2.05, 4.69) is 5.32 Å². The number of rotatable bonds is 5. The third-order valence-corrected chi connectivity index (χ3v) is 4.28. The molecular formula is C19H19Cl2NO4. The average molecular weight is 396 g/mol. The highest BCUT2D eigenvalue weighted by molar-refractivity contribution is 6.37. The summed E-state index contributed by atoms with van der Waals surface area (Å²) in [5.74, 6) is -0.865. The zero-order chi connectivity index (χ0) is 19.4. The molecule has 138 valence electrons. The van der Waals surface area contributed by atoms with Gasteiger partial charge in [-0.3, -0.25) is 4.79 Å². The molecule has 0 saturated carbocycles. The first-order valence-corrected chi connectivity index (χ1v) is 8.56. The van der Waals surface area contributed by atoms with Gasteiger partial charge in [0, 0.05) is 5.69 Å². The third-order valence-electron chi connectivity index (χ3n) is 3.71. The maximum atomic E-state index is 12.1. The van der Waals surface area contributed by atoms with E-state index in [1.54, 1.807) is 0 Å². The number of esters is 1. The average Bonchev–Trinajstić information content (AvgIpc) is 2.55. The molecule has 1 amide bonds. The summed E-state index contributed by atoms with van der Waals surface area (Å²) in [5.41, 5.74) is 3.84. The molecule has 1 N–H and O–H groups in total. The molecule has 0 aromatic heterocycles. The second-order valence-electron chi connectivity index (χ2n) is 5.87. The second kappa shape index (κ2) is 8.43.